The SMILES string of the molecule is Brc1cccc2co[c]c12. The van der Waals surface area contributed by atoms with E-state index in [0.29, 0.717) is 0 Å². The number of rotatable bonds is 0. The van der Waals surface area contributed by atoms with Crippen molar-refractivity contribution < 1.29 is 4.42 Å². The van der Waals surface area contributed by atoms with Gasteiger partial charge in [-0.1, -0.05) is 28.1 Å². The van der Waals surface area contributed by atoms with Gasteiger partial charge in [0, 0.05) is 15.2 Å². The van der Waals surface area contributed by atoms with E-state index in [1.165, 1.54) is 0 Å². The molecule has 1 radical (unpaired) electrons. The van der Waals surface area contributed by atoms with Crippen LogP contribution in [0.3, 0.4) is 0 Å². The lowest BCUT2D eigenvalue weighted by Crippen LogP contribution is -1.64. The number of halogens is 1. The molecule has 0 spiro atoms. The summed E-state index contributed by atoms with van der Waals surface area (Å²) in [7, 11) is 0. The maximum Gasteiger partial charge on any atom is 0.178 e. The standard InChI is InChI=1S/C8H4BrO/c9-8-3-1-2-6-4-10-5-7(6)8/h1-4H. The predicted molar refractivity (Wildman–Crippen MR) is 42.8 cm³/mol. The van der Waals surface area contributed by atoms with Gasteiger partial charge in [0.15, 0.2) is 6.26 Å². The highest BCUT2D eigenvalue weighted by atomic mass is 79.9. The molecule has 0 atom stereocenters. The van der Waals surface area contributed by atoms with E-state index in [-0.39, 0.29) is 0 Å². The molecular weight excluding hydrogens is 192 g/mol. The largest absolute Gasteiger partial charge is 0.460 e. The molecule has 0 bridgehead atoms. The molecule has 49 valence electrons. The molecule has 1 heterocycles. The van der Waals surface area contributed by atoms with Gasteiger partial charge in [-0.3, -0.25) is 0 Å². The van der Waals surface area contributed by atoms with E-state index in [0.717, 1.165) is 15.2 Å². The van der Waals surface area contributed by atoms with Gasteiger partial charge in [0.25, 0.3) is 0 Å². The van der Waals surface area contributed by atoms with Crippen molar-refractivity contribution in [3.8, 4) is 0 Å². The summed E-state index contributed by atoms with van der Waals surface area (Å²) in [5, 5.41) is 2.08. The van der Waals surface area contributed by atoms with E-state index in [4.69, 9.17) is 4.42 Å². The number of hydrogen-bond donors (Lipinski definition) is 0. The number of hydrogen-bond acceptors (Lipinski definition) is 1. The summed E-state index contributed by atoms with van der Waals surface area (Å²) in [5.74, 6) is 0. The number of furan rings is 1. The zero-order chi connectivity index (χ0) is 6.97. The van der Waals surface area contributed by atoms with E-state index >= 15 is 0 Å². The average Bonchev–Trinajstić information content (AvgIpc) is 2.36. The molecule has 0 N–H and O–H groups in total. The van der Waals surface area contributed by atoms with Crippen LogP contribution >= 0.6 is 15.9 Å². The van der Waals surface area contributed by atoms with Crippen LogP contribution in [0.4, 0.5) is 0 Å². The van der Waals surface area contributed by atoms with Crippen molar-refractivity contribution in [2.75, 3.05) is 0 Å². The van der Waals surface area contributed by atoms with E-state index in [1.54, 1.807) is 6.26 Å². The summed E-state index contributed by atoms with van der Waals surface area (Å²) in [4.78, 5) is 0. The van der Waals surface area contributed by atoms with E-state index < -0.39 is 0 Å². The maximum atomic E-state index is 4.89. The minimum atomic E-state index is 1.00. The Morgan fingerprint density at radius 1 is 1.40 bits per heavy atom. The van der Waals surface area contributed by atoms with E-state index in [2.05, 4.69) is 22.2 Å². The Morgan fingerprint density at radius 2 is 2.30 bits per heavy atom. The van der Waals surface area contributed by atoms with Crippen LogP contribution in [0.15, 0.2) is 33.4 Å². The van der Waals surface area contributed by atoms with Crippen LogP contribution in [0.2, 0.25) is 0 Å². The highest BCUT2D eigenvalue weighted by molar-refractivity contribution is 9.10. The third-order valence-electron chi connectivity index (χ3n) is 1.39. The molecule has 2 rings (SSSR count). The van der Waals surface area contributed by atoms with Gasteiger partial charge in [0.1, 0.15) is 0 Å². The summed E-state index contributed by atoms with van der Waals surface area (Å²) >= 11 is 3.38. The third kappa shape index (κ3) is 0.762. The predicted octanol–water partition coefficient (Wildman–Crippen LogP) is 3.00. The van der Waals surface area contributed by atoms with Crippen LogP contribution in [0.25, 0.3) is 10.8 Å². The molecular formula is C8H4BrO. The Kier molecular flexibility index (Phi) is 1.27. The normalized spacial score (nSPS) is 10.5. The molecule has 0 unspecified atom stereocenters. The minimum Gasteiger partial charge on any atom is -0.460 e. The summed E-state index contributed by atoms with van der Waals surface area (Å²) in [5.41, 5.74) is 0. The quantitative estimate of drug-likeness (QED) is 0.631. The van der Waals surface area contributed by atoms with Crippen molar-refractivity contribution in [2.24, 2.45) is 0 Å². The molecule has 1 nitrogen and oxygen atoms in total. The first-order valence-corrected chi connectivity index (χ1v) is 3.70. The molecule has 2 heteroatoms. The molecule has 0 aliphatic heterocycles. The fourth-order valence-corrected chi connectivity index (χ4v) is 1.36. The molecule has 0 amide bonds. The van der Waals surface area contributed by atoms with Crippen molar-refractivity contribution in [1.82, 2.24) is 0 Å². The average molecular weight is 196 g/mol. The molecule has 1 aromatic carbocycles. The Labute approximate surface area is 66.8 Å². The summed E-state index contributed by atoms with van der Waals surface area (Å²) in [6.45, 7) is 0. The first-order chi connectivity index (χ1) is 4.88. The fraction of sp³-hybridized carbons (Fsp3) is 0. The first kappa shape index (κ1) is 5.98. The fourth-order valence-electron chi connectivity index (χ4n) is 0.899. The second kappa shape index (κ2) is 2.13. The highest BCUT2D eigenvalue weighted by Gasteiger charge is 1.98. The van der Waals surface area contributed by atoms with Crippen molar-refractivity contribution in [3.63, 3.8) is 0 Å². The molecule has 0 fully saturated rings. The lowest BCUT2D eigenvalue weighted by atomic mass is 10.2. The second-order valence-corrected chi connectivity index (χ2v) is 2.90. The molecule has 0 aliphatic rings. The minimum absolute atomic E-state index is 1.00. The van der Waals surface area contributed by atoms with Crippen molar-refractivity contribution in [3.05, 3.63) is 35.2 Å². The molecule has 0 aliphatic carbocycles. The Hall–Kier alpha value is -0.760. The topological polar surface area (TPSA) is 13.1 Å². The zero-order valence-corrected chi connectivity index (χ0v) is 6.68. The van der Waals surface area contributed by atoms with Crippen molar-refractivity contribution >= 4 is 26.7 Å². The summed E-state index contributed by atoms with van der Waals surface area (Å²) in [6.07, 6.45) is 4.45. The van der Waals surface area contributed by atoms with Crippen molar-refractivity contribution in [2.45, 2.75) is 0 Å². The third-order valence-corrected chi connectivity index (χ3v) is 2.05. The van der Waals surface area contributed by atoms with Crippen LogP contribution in [0, 0.1) is 6.26 Å². The van der Waals surface area contributed by atoms with Gasteiger partial charge in [-0.15, -0.1) is 0 Å². The van der Waals surface area contributed by atoms with Gasteiger partial charge in [0.05, 0.1) is 6.26 Å². The smallest absolute Gasteiger partial charge is 0.178 e. The van der Waals surface area contributed by atoms with Crippen LogP contribution in [0.5, 0.6) is 0 Å². The number of benzene rings is 1. The van der Waals surface area contributed by atoms with Gasteiger partial charge in [0.2, 0.25) is 0 Å². The molecule has 0 saturated carbocycles. The Morgan fingerprint density at radius 3 is 3.10 bits per heavy atom. The molecule has 2 aromatic rings. The van der Waals surface area contributed by atoms with Gasteiger partial charge in [-0.05, 0) is 6.07 Å². The molecule has 1 aromatic heterocycles. The number of fused-ring (bicyclic) bond motifs is 1. The van der Waals surface area contributed by atoms with Gasteiger partial charge in [-0.2, -0.15) is 0 Å². The molecule has 10 heavy (non-hydrogen) atoms. The summed E-state index contributed by atoms with van der Waals surface area (Å²) in [6, 6.07) is 5.92. The maximum absolute atomic E-state index is 4.89. The van der Waals surface area contributed by atoms with Crippen LogP contribution < -0.4 is 0 Å². The van der Waals surface area contributed by atoms with Gasteiger partial charge >= 0.3 is 0 Å². The Bertz CT molecular complexity index is 351. The zero-order valence-electron chi connectivity index (χ0n) is 5.10. The van der Waals surface area contributed by atoms with Crippen LogP contribution in [-0.4, -0.2) is 0 Å². The second-order valence-electron chi connectivity index (χ2n) is 2.04. The van der Waals surface area contributed by atoms with Crippen LogP contribution in [0.1, 0.15) is 0 Å². The lowest BCUT2D eigenvalue weighted by Gasteiger charge is -1.87. The summed E-state index contributed by atoms with van der Waals surface area (Å²) < 4.78 is 5.92. The van der Waals surface area contributed by atoms with E-state index in [9.17, 15) is 0 Å². The lowest BCUT2D eigenvalue weighted by molar-refractivity contribution is 0.563. The Balaban J connectivity index is 2.95. The molecule has 0 saturated heterocycles. The monoisotopic (exact) mass is 195 g/mol. The van der Waals surface area contributed by atoms with Gasteiger partial charge < -0.3 is 4.42 Å². The van der Waals surface area contributed by atoms with Crippen LogP contribution in [-0.2, 0) is 0 Å². The van der Waals surface area contributed by atoms with Gasteiger partial charge in [-0.25, -0.2) is 0 Å². The van der Waals surface area contributed by atoms with E-state index in [1.807, 2.05) is 18.2 Å². The highest BCUT2D eigenvalue weighted by Crippen LogP contribution is 2.23. The van der Waals surface area contributed by atoms with Crippen molar-refractivity contribution in [1.29, 1.82) is 0 Å². The first-order valence-electron chi connectivity index (χ1n) is 2.91.